The lowest BCUT2D eigenvalue weighted by Crippen LogP contribution is -2.59. The number of nitrogens with zero attached hydrogens (tertiary/aromatic N) is 2. The Bertz CT molecular complexity index is 723. The number of quaternary nitrogens is 1. The van der Waals surface area contributed by atoms with Crippen LogP contribution in [0.25, 0.3) is 0 Å². The molecule has 0 unspecified atom stereocenters. The van der Waals surface area contributed by atoms with Gasteiger partial charge in [-0.05, 0) is 36.8 Å². The molecule has 5 heteroatoms. The van der Waals surface area contributed by atoms with Gasteiger partial charge in [0, 0.05) is 5.56 Å². The fourth-order valence-electron chi connectivity index (χ4n) is 3.59. The molecule has 27 heavy (non-hydrogen) atoms. The van der Waals surface area contributed by atoms with E-state index in [9.17, 15) is 4.79 Å². The van der Waals surface area contributed by atoms with E-state index in [2.05, 4.69) is 19.1 Å². The van der Waals surface area contributed by atoms with Crippen molar-refractivity contribution in [2.75, 3.05) is 39.8 Å². The van der Waals surface area contributed by atoms with Gasteiger partial charge in [-0.2, -0.15) is 0 Å². The first-order valence-corrected chi connectivity index (χ1v) is 9.58. The maximum Gasteiger partial charge on any atom is 0.410 e. The second-order valence-corrected chi connectivity index (χ2v) is 7.14. The fourth-order valence-corrected chi connectivity index (χ4v) is 3.59. The maximum atomic E-state index is 12.4. The highest BCUT2D eigenvalue weighted by molar-refractivity contribution is 5.67. The second kappa shape index (κ2) is 8.91. The quantitative estimate of drug-likeness (QED) is 0.729. The predicted molar refractivity (Wildman–Crippen MR) is 105 cm³/mol. The summed E-state index contributed by atoms with van der Waals surface area (Å²) in [5.41, 5.74) is 2.32. The summed E-state index contributed by atoms with van der Waals surface area (Å²) in [5, 5.41) is 0. The molecule has 3 rings (SSSR count). The van der Waals surface area contributed by atoms with Gasteiger partial charge in [0.15, 0.2) is 0 Å². The summed E-state index contributed by atoms with van der Waals surface area (Å²) in [4.78, 5) is 14.2. The van der Waals surface area contributed by atoms with Crippen LogP contribution < -0.4 is 4.74 Å². The second-order valence-electron chi connectivity index (χ2n) is 7.14. The molecule has 2 aromatic rings. The molecular formula is C22H29N2O3+. The number of likely N-dealkylation sites (N-methyl/N-ethyl adjacent to an activating group) is 1. The summed E-state index contributed by atoms with van der Waals surface area (Å²) in [5.74, 6) is 0.882. The topological polar surface area (TPSA) is 38.8 Å². The van der Waals surface area contributed by atoms with E-state index in [1.807, 2.05) is 47.4 Å². The minimum Gasteiger partial charge on any atom is -0.497 e. The third-order valence-electron chi connectivity index (χ3n) is 5.50. The molecule has 0 radical (unpaired) electrons. The Morgan fingerprint density at radius 3 is 2.26 bits per heavy atom. The van der Waals surface area contributed by atoms with Crippen molar-refractivity contribution in [1.29, 1.82) is 0 Å². The predicted octanol–water partition coefficient (Wildman–Crippen LogP) is 3.68. The van der Waals surface area contributed by atoms with Crippen LogP contribution in [0, 0.1) is 0 Å². The molecule has 144 valence electrons. The summed E-state index contributed by atoms with van der Waals surface area (Å²) in [6, 6.07) is 18.1. The number of carbonyl (C=O) groups excluding carboxylic acids is 1. The Morgan fingerprint density at radius 2 is 1.67 bits per heavy atom. The van der Waals surface area contributed by atoms with E-state index in [-0.39, 0.29) is 6.09 Å². The van der Waals surface area contributed by atoms with Gasteiger partial charge in [0.25, 0.3) is 0 Å². The van der Waals surface area contributed by atoms with Crippen LogP contribution in [-0.4, -0.2) is 55.3 Å². The molecule has 0 atom stereocenters. The van der Waals surface area contributed by atoms with Gasteiger partial charge >= 0.3 is 6.09 Å². The molecular weight excluding hydrogens is 340 g/mol. The lowest BCUT2D eigenvalue weighted by molar-refractivity contribution is -0.942. The molecule has 0 N–H and O–H groups in total. The first kappa shape index (κ1) is 19.2. The first-order chi connectivity index (χ1) is 13.1. The summed E-state index contributed by atoms with van der Waals surface area (Å²) in [7, 11) is 1.69. The Kier molecular flexibility index (Phi) is 6.35. The van der Waals surface area contributed by atoms with E-state index in [0.29, 0.717) is 6.61 Å². The average Bonchev–Trinajstić information content (AvgIpc) is 2.74. The normalized spacial score (nSPS) is 16.0. The monoisotopic (exact) mass is 369 g/mol. The smallest absolute Gasteiger partial charge is 0.410 e. The van der Waals surface area contributed by atoms with Crippen LogP contribution in [0.4, 0.5) is 4.79 Å². The zero-order chi connectivity index (χ0) is 19.1. The molecule has 0 saturated carbocycles. The number of methoxy groups -OCH3 is 1. The first-order valence-electron chi connectivity index (χ1n) is 9.58. The molecule has 1 amide bonds. The molecule has 1 saturated heterocycles. The van der Waals surface area contributed by atoms with Crippen molar-refractivity contribution in [2.24, 2.45) is 0 Å². The summed E-state index contributed by atoms with van der Waals surface area (Å²) < 4.78 is 11.7. The molecule has 1 aliphatic rings. The van der Waals surface area contributed by atoms with Crippen molar-refractivity contribution in [2.45, 2.75) is 20.1 Å². The van der Waals surface area contributed by atoms with E-state index >= 15 is 0 Å². The molecule has 1 aliphatic heterocycles. The molecule has 0 aromatic heterocycles. The lowest BCUT2D eigenvalue weighted by atomic mass is 10.1. The molecule has 2 aromatic carbocycles. The van der Waals surface area contributed by atoms with Crippen LogP contribution in [0.5, 0.6) is 5.75 Å². The van der Waals surface area contributed by atoms with E-state index in [0.717, 1.165) is 55.1 Å². The third kappa shape index (κ3) is 5.01. The number of carbonyl (C=O) groups is 1. The number of hydrogen-bond donors (Lipinski definition) is 0. The van der Waals surface area contributed by atoms with Gasteiger partial charge in [-0.3, -0.25) is 4.90 Å². The van der Waals surface area contributed by atoms with Gasteiger partial charge in [-0.1, -0.05) is 30.3 Å². The molecule has 5 nitrogen and oxygen atoms in total. The molecule has 0 bridgehead atoms. The molecule has 1 fully saturated rings. The fraction of sp³-hybridized carbons (Fsp3) is 0.409. The van der Waals surface area contributed by atoms with Gasteiger partial charge in [-0.25, -0.2) is 4.79 Å². The summed E-state index contributed by atoms with van der Waals surface area (Å²) >= 11 is 0. The van der Waals surface area contributed by atoms with Crippen LogP contribution in [0.2, 0.25) is 0 Å². The number of benzene rings is 2. The highest BCUT2D eigenvalue weighted by Gasteiger charge is 2.34. The van der Waals surface area contributed by atoms with E-state index in [1.165, 1.54) is 5.56 Å². The standard InChI is InChI=1S/C22H29N2O3/c1-3-24(17-19-9-11-21(26-2)12-10-19)15-13-23(14-16-24)22(25)27-18-20-7-5-4-6-8-20/h4-12H,3,13-18H2,1-2H3/q+1. The van der Waals surface area contributed by atoms with Crippen LogP contribution in [0.3, 0.4) is 0 Å². The van der Waals surface area contributed by atoms with Crippen molar-refractivity contribution in [1.82, 2.24) is 4.90 Å². The Hall–Kier alpha value is -2.53. The highest BCUT2D eigenvalue weighted by Crippen LogP contribution is 2.21. The van der Waals surface area contributed by atoms with Crippen LogP contribution in [0.1, 0.15) is 18.1 Å². The Morgan fingerprint density at radius 1 is 1.00 bits per heavy atom. The van der Waals surface area contributed by atoms with Gasteiger partial charge < -0.3 is 14.0 Å². The number of hydrogen-bond acceptors (Lipinski definition) is 3. The zero-order valence-corrected chi connectivity index (χ0v) is 16.3. The summed E-state index contributed by atoms with van der Waals surface area (Å²) in [6.07, 6.45) is -0.211. The van der Waals surface area contributed by atoms with Gasteiger partial charge in [0.05, 0.1) is 39.8 Å². The molecule has 0 spiro atoms. The van der Waals surface area contributed by atoms with Gasteiger partial charge in [-0.15, -0.1) is 0 Å². The molecule has 1 heterocycles. The number of piperazine rings is 1. The van der Waals surface area contributed by atoms with Crippen molar-refractivity contribution in [3.8, 4) is 5.75 Å². The van der Waals surface area contributed by atoms with Crippen LogP contribution >= 0.6 is 0 Å². The Labute approximate surface area is 161 Å². The van der Waals surface area contributed by atoms with Crippen LogP contribution in [0.15, 0.2) is 54.6 Å². The largest absolute Gasteiger partial charge is 0.497 e. The zero-order valence-electron chi connectivity index (χ0n) is 16.3. The van der Waals surface area contributed by atoms with Gasteiger partial charge in [0.1, 0.15) is 18.9 Å². The third-order valence-corrected chi connectivity index (χ3v) is 5.50. The van der Waals surface area contributed by atoms with Crippen molar-refractivity contribution in [3.63, 3.8) is 0 Å². The van der Waals surface area contributed by atoms with Crippen molar-refractivity contribution in [3.05, 3.63) is 65.7 Å². The van der Waals surface area contributed by atoms with Gasteiger partial charge in [0.2, 0.25) is 0 Å². The number of rotatable bonds is 6. The lowest BCUT2D eigenvalue weighted by Gasteiger charge is -2.44. The van der Waals surface area contributed by atoms with E-state index in [4.69, 9.17) is 9.47 Å². The minimum absolute atomic E-state index is 0.211. The minimum atomic E-state index is -0.211. The summed E-state index contributed by atoms with van der Waals surface area (Å²) in [6.45, 7) is 7.95. The number of ether oxygens (including phenoxy) is 2. The maximum absolute atomic E-state index is 12.4. The van der Waals surface area contributed by atoms with Crippen molar-refractivity contribution < 1.29 is 18.8 Å². The van der Waals surface area contributed by atoms with Crippen LogP contribution in [-0.2, 0) is 17.9 Å². The highest BCUT2D eigenvalue weighted by atomic mass is 16.6. The average molecular weight is 369 g/mol. The molecule has 0 aliphatic carbocycles. The van der Waals surface area contributed by atoms with E-state index in [1.54, 1.807) is 7.11 Å². The Balaban J connectivity index is 1.52. The number of amides is 1. The van der Waals surface area contributed by atoms with E-state index < -0.39 is 0 Å². The SMILES string of the molecule is CC[N+]1(Cc2ccc(OC)cc2)CCN(C(=O)OCc2ccccc2)CC1. The van der Waals surface area contributed by atoms with Crippen molar-refractivity contribution >= 4 is 6.09 Å².